The summed E-state index contributed by atoms with van der Waals surface area (Å²) in [7, 11) is 1.57. The van der Waals surface area contributed by atoms with Gasteiger partial charge in [0.25, 0.3) is 0 Å². The van der Waals surface area contributed by atoms with E-state index < -0.39 is 0 Å². The average molecular weight is 384 g/mol. The molecule has 0 bridgehead atoms. The zero-order chi connectivity index (χ0) is 14.5. The number of carbonyl (C=O) groups is 1. The molecule has 0 unspecified atom stereocenters. The molecule has 3 nitrogen and oxygen atoms in total. The van der Waals surface area contributed by atoms with E-state index in [0.29, 0.717) is 17.9 Å². The molecule has 0 aromatic heterocycles. The smallest absolute Gasteiger partial charge is 0.342 e. The van der Waals surface area contributed by atoms with Crippen molar-refractivity contribution in [2.45, 2.75) is 19.8 Å². The zero-order valence-electron chi connectivity index (χ0n) is 11.6. The van der Waals surface area contributed by atoms with Gasteiger partial charge in [-0.1, -0.05) is 31.5 Å². The number of carbonyl (C=O) groups excluding carboxylic acids is 1. The first-order valence-electron chi connectivity index (χ1n) is 6.61. The first-order chi connectivity index (χ1) is 9.69. The van der Waals surface area contributed by atoms with Crippen molar-refractivity contribution in [1.82, 2.24) is 0 Å². The van der Waals surface area contributed by atoms with Crippen LogP contribution in [-0.4, -0.2) is 19.7 Å². The van der Waals surface area contributed by atoms with Crippen molar-refractivity contribution in [2.75, 3.05) is 13.7 Å². The lowest BCUT2D eigenvalue weighted by Gasteiger charge is -2.12. The molecular weight excluding hydrogens is 367 g/mol. The van der Waals surface area contributed by atoms with Crippen molar-refractivity contribution in [3.63, 3.8) is 0 Å². The molecule has 0 heterocycles. The molecule has 106 valence electrons. The molecule has 0 aliphatic heterocycles. The highest BCUT2D eigenvalue weighted by atomic mass is 127. The van der Waals surface area contributed by atoms with E-state index in [9.17, 15) is 4.79 Å². The van der Waals surface area contributed by atoms with Crippen LogP contribution in [-0.2, 0) is 4.74 Å². The topological polar surface area (TPSA) is 35.5 Å². The van der Waals surface area contributed by atoms with E-state index >= 15 is 0 Å². The second kappa shape index (κ2) is 6.92. The largest absolute Gasteiger partial charge is 0.496 e. The third kappa shape index (κ3) is 3.06. The Labute approximate surface area is 132 Å². The molecule has 2 rings (SSSR count). The monoisotopic (exact) mass is 384 g/mol. The van der Waals surface area contributed by atoms with Gasteiger partial charge in [-0.25, -0.2) is 4.79 Å². The molecule has 20 heavy (non-hydrogen) atoms. The van der Waals surface area contributed by atoms with Gasteiger partial charge in [0, 0.05) is 8.96 Å². The van der Waals surface area contributed by atoms with Crippen LogP contribution in [0.15, 0.2) is 30.3 Å². The summed E-state index contributed by atoms with van der Waals surface area (Å²) < 4.78 is 11.7. The lowest BCUT2D eigenvalue weighted by atomic mass is 10.0. The van der Waals surface area contributed by atoms with Crippen molar-refractivity contribution in [3.05, 3.63) is 39.5 Å². The van der Waals surface area contributed by atoms with Crippen LogP contribution in [0.3, 0.4) is 0 Å². The predicted octanol–water partition coefficient (Wildman–Crippen LogP) is 4.41. The van der Waals surface area contributed by atoms with Gasteiger partial charge in [0.15, 0.2) is 0 Å². The first-order valence-corrected chi connectivity index (χ1v) is 7.69. The van der Waals surface area contributed by atoms with Gasteiger partial charge in [-0.3, -0.25) is 0 Å². The van der Waals surface area contributed by atoms with E-state index in [4.69, 9.17) is 9.47 Å². The maximum atomic E-state index is 12.4. The summed E-state index contributed by atoms with van der Waals surface area (Å²) in [6.07, 6.45) is 1.87. The van der Waals surface area contributed by atoms with Crippen molar-refractivity contribution in [1.29, 1.82) is 0 Å². The Hall–Kier alpha value is -1.30. The summed E-state index contributed by atoms with van der Waals surface area (Å²) >= 11 is 2.23. The Morgan fingerprint density at radius 3 is 2.75 bits per heavy atom. The highest BCUT2D eigenvalue weighted by molar-refractivity contribution is 14.1. The SMILES string of the molecule is CCCCOC(=O)c1c(OC)ccc2cccc(I)c12. The summed E-state index contributed by atoms with van der Waals surface area (Å²) in [6, 6.07) is 9.71. The van der Waals surface area contributed by atoms with Gasteiger partial charge in [0.05, 0.1) is 13.7 Å². The van der Waals surface area contributed by atoms with Gasteiger partial charge < -0.3 is 9.47 Å². The van der Waals surface area contributed by atoms with Crippen LogP contribution in [0, 0.1) is 3.57 Å². The minimum atomic E-state index is -0.315. The molecule has 0 spiro atoms. The Morgan fingerprint density at radius 2 is 2.05 bits per heavy atom. The summed E-state index contributed by atoms with van der Waals surface area (Å²) in [5, 5.41) is 1.91. The number of esters is 1. The third-order valence-electron chi connectivity index (χ3n) is 3.11. The van der Waals surface area contributed by atoms with E-state index in [1.54, 1.807) is 7.11 Å². The van der Waals surface area contributed by atoms with Crippen molar-refractivity contribution >= 4 is 39.3 Å². The number of rotatable bonds is 5. The number of benzene rings is 2. The molecule has 0 fully saturated rings. The fourth-order valence-electron chi connectivity index (χ4n) is 2.07. The second-order valence-electron chi connectivity index (χ2n) is 4.47. The van der Waals surface area contributed by atoms with E-state index in [0.717, 1.165) is 27.2 Å². The number of hydrogen-bond donors (Lipinski definition) is 0. The van der Waals surface area contributed by atoms with Gasteiger partial charge in [-0.15, -0.1) is 0 Å². The van der Waals surface area contributed by atoms with Crippen LogP contribution >= 0.6 is 22.6 Å². The molecule has 0 amide bonds. The minimum Gasteiger partial charge on any atom is -0.496 e. The maximum absolute atomic E-state index is 12.4. The number of ether oxygens (including phenoxy) is 2. The Morgan fingerprint density at radius 1 is 1.25 bits per heavy atom. The number of fused-ring (bicyclic) bond motifs is 1. The second-order valence-corrected chi connectivity index (χ2v) is 5.63. The first kappa shape index (κ1) is 15.1. The summed E-state index contributed by atoms with van der Waals surface area (Å²) in [5.41, 5.74) is 0.520. The molecule has 0 N–H and O–H groups in total. The Kier molecular flexibility index (Phi) is 5.23. The molecule has 0 saturated carbocycles. The van der Waals surface area contributed by atoms with Gasteiger partial charge >= 0.3 is 5.97 Å². The molecule has 0 atom stereocenters. The van der Waals surface area contributed by atoms with E-state index in [1.165, 1.54) is 0 Å². The van der Waals surface area contributed by atoms with Crippen LogP contribution in [0.25, 0.3) is 10.8 Å². The van der Waals surface area contributed by atoms with E-state index in [-0.39, 0.29) is 5.97 Å². The minimum absolute atomic E-state index is 0.315. The average Bonchev–Trinajstić information content (AvgIpc) is 2.46. The van der Waals surface area contributed by atoms with Crippen LogP contribution < -0.4 is 4.74 Å². The number of halogens is 1. The van der Waals surface area contributed by atoms with Crippen molar-refractivity contribution in [3.8, 4) is 5.75 Å². The zero-order valence-corrected chi connectivity index (χ0v) is 13.8. The number of hydrogen-bond acceptors (Lipinski definition) is 3. The molecule has 0 aliphatic rings. The summed E-state index contributed by atoms with van der Waals surface area (Å²) in [6.45, 7) is 2.51. The molecule has 2 aromatic carbocycles. The number of unbranched alkanes of at least 4 members (excludes halogenated alkanes) is 1. The fraction of sp³-hybridized carbons (Fsp3) is 0.312. The van der Waals surface area contributed by atoms with Crippen LogP contribution in [0.4, 0.5) is 0 Å². The summed E-state index contributed by atoms with van der Waals surface area (Å²) in [4.78, 5) is 12.4. The highest BCUT2D eigenvalue weighted by Crippen LogP contribution is 2.32. The molecular formula is C16H17IO3. The standard InChI is InChI=1S/C16H17IO3/c1-3-4-10-20-16(18)15-13(19-2)9-8-11-6-5-7-12(17)14(11)15/h5-9H,3-4,10H2,1-2H3. The molecule has 2 aromatic rings. The van der Waals surface area contributed by atoms with Crippen molar-refractivity contribution in [2.24, 2.45) is 0 Å². The Balaban J connectivity index is 2.50. The quantitative estimate of drug-likeness (QED) is 0.435. The predicted molar refractivity (Wildman–Crippen MR) is 88.4 cm³/mol. The van der Waals surface area contributed by atoms with E-state index in [2.05, 4.69) is 29.5 Å². The lowest BCUT2D eigenvalue weighted by Crippen LogP contribution is -2.09. The van der Waals surface area contributed by atoms with Crippen LogP contribution in [0.1, 0.15) is 30.1 Å². The molecule has 0 aliphatic carbocycles. The lowest BCUT2D eigenvalue weighted by molar-refractivity contribution is 0.0498. The fourth-order valence-corrected chi connectivity index (χ4v) is 2.86. The highest BCUT2D eigenvalue weighted by Gasteiger charge is 2.19. The Bertz CT molecular complexity index is 622. The number of methoxy groups -OCH3 is 1. The van der Waals surface area contributed by atoms with Gasteiger partial charge in [0.2, 0.25) is 0 Å². The van der Waals surface area contributed by atoms with Crippen LogP contribution in [0.5, 0.6) is 5.75 Å². The third-order valence-corrected chi connectivity index (χ3v) is 4.01. The van der Waals surface area contributed by atoms with E-state index in [1.807, 2.05) is 30.3 Å². The summed E-state index contributed by atoms with van der Waals surface area (Å²) in [5.74, 6) is 0.244. The van der Waals surface area contributed by atoms with Crippen LogP contribution in [0.2, 0.25) is 0 Å². The van der Waals surface area contributed by atoms with Gasteiger partial charge in [-0.05, 0) is 46.5 Å². The van der Waals surface area contributed by atoms with Gasteiger partial charge in [0.1, 0.15) is 11.3 Å². The molecule has 0 saturated heterocycles. The van der Waals surface area contributed by atoms with Gasteiger partial charge in [-0.2, -0.15) is 0 Å². The van der Waals surface area contributed by atoms with Crippen molar-refractivity contribution < 1.29 is 14.3 Å². The molecule has 4 heteroatoms. The maximum Gasteiger partial charge on any atom is 0.342 e. The normalized spacial score (nSPS) is 10.6. The molecule has 0 radical (unpaired) electrons.